The van der Waals surface area contributed by atoms with Crippen molar-refractivity contribution in [3.63, 3.8) is 0 Å². The molecule has 1 aromatic rings. The minimum Gasteiger partial charge on any atom is -0.311 e. The van der Waals surface area contributed by atoms with E-state index in [2.05, 4.69) is 5.32 Å². The third-order valence-corrected chi connectivity index (χ3v) is 4.53. The second kappa shape index (κ2) is 4.13. The van der Waals surface area contributed by atoms with Gasteiger partial charge in [-0.15, -0.1) is 0 Å². The van der Waals surface area contributed by atoms with Crippen LogP contribution in [0.3, 0.4) is 0 Å². The standard InChI is InChI=1S/C13H14N2O4S/c1-20(18,19)6-11(16)15-12(17)9-4-2-3-5-10(9)13(15)7-14-8-13/h2-5,14H,6-8H2,1H3. The van der Waals surface area contributed by atoms with Crippen molar-refractivity contribution in [1.82, 2.24) is 10.2 Å². The van der Waals surface area contributed by atoms with Gasteiger partial charge in [-0.3, -0.25) is 14.5 Å². The zero-order valence-corrected chi connectivity index (χ0v) is 11.7. The number of benzene rings is 1. The van der Waals surface area contributed by atoms with E-state index in [0.717, 1.165) is 16.7 Å². The highest BCUT2D eigenvalue weighted by Crippen LogP contribution is 2.41. The van der Waals surface area contributed by atoms with E-state index in [1.165, 1.54) is 0 Å². The average Bonchev–Trinajstić information content (AvgIpc) is 2.57. The monoisotopic (exact) mass is 294 g/mol. The summed E-state index contributed by atoms with van der Waals surface area (Å²) in [6, 6.07) is 7.05. The maximum atomic E-state index is 12.4. The van der Waals surface area contributed by atoms with E-state index in [1.54, 1.807) is 12.1 Å². The van der Waals surface area contributed by atoms with E-state index < -0.39 is 32.9 Å². The second-order valence-corrected chi connectivity index (χ2v) is 7.43. The Hall–Kier alpha value is -1.73. The van der Waals surface area contributed by atoms with Crippen molar-refractivity contribution in [2.75, 3.05) is 25.1 Å². The summed E-state index contributed by atoms with van der Waals surface area (Å²) in [7, 11) is -3.47. The highest BCUT2D eigenvalue weighted by molar-refractivity contribution is 7.91. The molecule has 3 rings (SSSR count). The Morgan fingerprint density at radius 2 is 2.00 bits per heavy atom. The maximum Gasteiger partial charge on any atom is 0.261 e. The number of fused-ring (bicyclic) bond motifs is 2. The highest BCUT2D eigenvalue weighted by Gasteiger charge is 2.56. The molecule has 6 nitrogen and oxygen atoms in total. The minimum absolute atomic E-state index is 0.407. The van der Waals surface area contributed by atoms with E-state index in [1.807, 2.05) is 12.1 Å². The first kappa shape index (κ1) is 13.3. The number of nitrogens with zero attached hydrogens (tertiary/aromatic N) is 1. The average molecular weight is 294 g/mol. The lowest BCUT2D eigenvalue weighted by molar-refractivity contribution is -0.132. The summed E-state index contributed by atoms with van der Waals surface area (Å²) in [5, 5.41) is 3.06. The van der Waals surface area contributed by atoms with Crippen molar-refractivity contribution in [2.24, 2.45) is 0 Å². The lowest BCUT2D eigenvalue weighted by Gasteiger charge is -2.45. The summed E-state index contributed by atoms with van der Waals surface area (Å²) in [4.78, 5) is 25.8. The van der Waals surface area contributed by atoms with Gasteiger partial charge >= 0.3 is 0 Å². The normalized spacial score (nSPS) is 19.9. The summed E-state index contributed by atoms with van der Waals surface area (Å²) in [5.41, 5.74) is 0.566. The van der Waals surface area contributed by atoms with Gasteiger partial charge in [-0.2, -0.15) is 0 Å². The van der Waals surface area contributed by atoms with Crippen molar-refractivity contribution in [3.05, 3.63) is 35.4 Å². The van der Waals surface area contributed by atoms with Gasteiger partial charge < -0.3 is 5.32 Å². The van der Waals surface area contributed by atoms with E-state index in [-0.39, 0.29) is 0 Å². The van der Waals surface area contributed by atoms with Crippen LogP contribution in [0, 0.1) is 0 Å². The lowest BCUT2D eigenvalue weighted by atomic mass is 9.84. The molecule has 2 heterocycles. The summed E-state index contributed by atoms with van der Waals surface area (Å²) in [6.45, 7) is 0.927. The Morgan fingerprint density at radius 1 is 1.35 bits per heavy atom. The summed E-state index contributed by atoms with van der Waals surface area (Å²) < 4.78 is 22.6. The molecule has 0 bridgehead atoms. The molecule has 1 fully saturated rings. The molecule has 0 unspecified atom stereocenters. The van der Waals surface area contributed by atoms with Crippen LogP contribution in [0.4, 0.5) is 0 Å². The predicted octanol–water partition coefficient (Wildman–Crippen LogP) is -0.488. The Bertz CT molecular complexity index is 707. The molecule has 2 amide bonds. The fourth-order valence-corrected chi connectivity index (χ4v) is 3.44. The third kappa shape index (κ3) is 1.77. The number of imide groups is 1. The molecule has 1 aromatic carbocycles. The highest BCUT2D eigenvalue weighted by atomic mass is 32.2. The van der Waals surface area contributed by atoms with Crippen LogP contribution in [0.1, 0.15) is 15.9 Å². The quantitative estimate of drug-likeness (QED) is 0.796. The van der Waals surface area contributed by atoms with Gasteiger partial charge in [0.2, 0.25) is 5.91 Å². The molecule has 0 aliphatic carbocycles. The number of sulfone groups is 1. The van der Waals surface area contributed by atoms with Crippen molar-refractivity contribution in [1.29, 1.82) is 0 Å². The number of hydrogen-bond acceptors (Lipinski definition) is 5. The Labute approximate surface area is 116 Å². The number of carbonyl (C=O) groups is 2. The third-order valence-electron chi connectivity index (χ3n) is 3.76. The molecule has 1 spiro atoms. The SMILES string of the molecule is CS(=O)(=O)CC(=O)N1C(=O)c2ccccc2C12CNC2. The Morgan fingerprint density at radius 3 is 2.55 bits per heavy atom. The van der Waals surface area contributed by atoms with Crippen molar-refractivity contribution >= 4 is 21.7 Å². The molecule has 0 atom stereocenters. The van der Waals surface area contributed by atoms with Crippen LogP contribution in [0.5, 0.6) is 0 Å². The first-order valence-corrected chi connectivity index (χ1v) is 8.26. The molecule has 7 heteroatoms. The fraction of sp³-hybridized carbons (Fsp3) is 0.385. The molecule has 1 N–H and O–H groups in total. The maximum absolute atomic E-state index is 12.4. The van der Waals surface area contributed by atoms with Crippen LogP contribution in [0.25, 0.3) is 0 Å². The van der Waals surface area contributed by atoms with Gasteiger partial charge in [0, 0.05) is 24.9 Å². The molecular formula is C13H14N2O4S. The van der Waals surface area contributed by atoms with Crippen molar-refractivity contribution in [3.8, 4) is 0 Å². The number of carbonyl (C=O) groups excluding carboxylic acids is 2. The van der Waals surface area contributed by atoms with Gasteiger partial charge in [-0.25, -0.2) is 8.42 Å². The summed E-state index contributed by atoms with van der Waals surface area (Å²) in [6.07, 6.45) is 0.990. The van der Waals surface area contributed by atoms with Crippen LogP contribution in [-0.2, 0) is 20.2 Å². The van der Waals surface area contributed by atoms with Crippen LogP contribution < -0.4 is 5.32 Å². The van der Waals surface area contributed by atoms with Crippen LogP contribution >= 0.6 is 0 Å². The van der Waals surface area contributed by atoms with Crippen LogP contribution in [0.2, 0.25) is 0 Å². The van der Waals surface area contributed by atoms with E-state index in [9.17, 15) is 18.0 Å². The minimum atomic E-state index is -3.47. The van der Waals surface area contributed by atoms with Crippen molar-refractivity contribution < 1.29 is 18.0 Å². The Kier molecular flexibility index (Phi) is 2.74. The molecule has 1 saturated heterocycles. The molecular weight excluding hydrogens is 280 g/mol. The smallest absolute Gasteiger partial charge is 0.261 e. The lowest BCUT2D eigenvalue weighted by Crippen LogP contribution is -2.66. The van der Waals surface area contributed by atoms with Gasteiger partial charge in [0.25, 0.3) is 5.91 Å². The summed E-state index contributed by atoms with van der Waals surface area (Å²) in [5.74, 6) is -1.71. The fourth-order valence-electron chi connectivity index (χ4n) is 2.86. The van der Waals surface area contributed by atoms with E-state index in [4.69, 9.17) is 0 Å². The largest absolute Gasteiger partial charge is 0.311 e. The summed E-state index contributed by atoms with van der Waals surface area (Å²) >= 11 is 0. The molecule has 2 aliphatic heterocycles. The number of nitrogens with one attached hydrogen (secondary N) is 1. The first-order valence-electron chi connectivity index (χ1n) is 6.20. The van der Waals surface area contributed by atoms with Gasteiger partial charge in [-0.1, -0.05) is 18.2 Å². The molecule has 0 radical (unpaired) electrons. The van der Waals surface area contributed by atoms with E-state index in [0.29, 0.717) is 18.7 Å². The second-order valence-electron chi connectivity index (χ2n) is 5.29. The molecule has 106 valence electrons. The van der Waals surface area contributed by atoms with Gasteiger partial charge in [-0.05, 0) is 11.6 Å². The molecule has 0 aromatic heterocycles. The van der Waals surface area contributed by atoms with Gasteiger partial charge in [0.15, 0.2) is 9.84 Å². The van der Waals surface area contributed by atoms with Crippen LogP contribution in [-0.4, -0.2) is 50.2 Å². The predicted molar refractivity (Wildman–Crippen MR) is 71.9 cm³/mol. The first-order chi connectivity index (χ1) is 9.35. The Balaban J connectivity index is 2.05. The van der Waals surface area contributed by atoms with E-state index >= 15 is 0 Å². The molecule has 2 aliphatic rings. The van der Waals surface area contributed by atoms with Gasteiger partial charge in [0.05, 0.1) is 0 Å². The zero-order chi connectivity index (χ0) is 14.5. The number of rotatable bonds is 2. The molecule has 0 saturated carbocycles. The van der Waals surface area contributed by atoms with Gasteiger partial charge in [0.1, 0.15) is 11.3 Å². The molecule has 20 heavy (non-hydrogen) atoms. The zero-order valence-electron chi connectivity index (χ0n) is 10.9. The number of hydrogen-bond donors (Lipinski definition) is 1. The topological polar surface area (TPSA) is 83.6 Å². The van der Waals surface area contributed by atoms with Crippen molar-refractivity contribution in [2.45, 2.75) is 5.54 Å². The number of amides is 2. The van der Waals surface area contributed by atoms with Crippen LogP contribution in [0.15, 0.2) is 24.3 Å².